The second kappa shape index (κ2) is 35.3. The number of rotatable bonds is 22. The monoisotopic (exact) mass is 973 g/mol. The lowest BCUT2D eigenvalue weighted by molar-refractivity contribution is -0.213. The van der Waals surface area contributed by atoms with Crippen molar-refractivity contribution in [2.75, 3.05) is 13.2 Å². The first-order valence-corrected chi connectivity index (χ1v) is 25.6. The molecule has 0 amide bonds. The summed E-state index contributed by atoms with van der Waals surface area (Å²) in [6, 6.07) is 0. The molecule has 2 bridgehead atoms. The Hall–Kier alpha value is -2.87. The highest BCUT2D eigenvalue weighted by molar-refractivity contribution is 7.47. The molecule has 1 fully saturated rings. The van der Waals surface area contributed by atoms with Crippen molar-refractivity contribution in [1.29, 1.82) is 0 Å². The first kappa shape index (κ1) is 60.3. The number of phosphoric ester groups is 1. The van der Waals surface area contributed by atoms with Gasteiger partial charge in [-0.15, -0.1) is 0 Å². The first-order chi connectivity index (χ1) is 32.1. The fourth-order valence-electron chi connectivity index (χ4n) is 7.33. The van der Waals surface area contributed by atoms with E-state index in [1.165, 1.54) is 25.3 Å². The summed E-state index contributed by atoms with van der Waals surface area (Å²) in [5.74, 6) is -2.69. The topological polar surface area (TPSA) is 279 Å². The van der Waals surface area contributed by atoms with Gasteiger partial charge in [-0.05, 0) is 70.6 Å². The van der Waals surface area contributed by atoms with Crippen molar-refractivity contribution in [3.63, 3.8) is 0 Å². The zero-order chi connectivity index (χ0) is 49.5. The highest BCUT2D eigenvalue weighted by atomic mass is 31.2. The Morgan fingerprint density at radius 2 is 1.42 bits per heavy atom. The third-order valence-corrected chi connectivity index (χ3v) is 12.3. The van der Waals surface area contributed by atoms with Gasteiger partial charge in [0.15, 0.2) is 12.4 Å². The normalized spacial score (nSPS) is 32.4. The second-order valence-corrected chi connectivity index (χ2v) is 18.5. The number of unbranched alkanes of at least 4 members (excludes halogenated alkanes) is 6. The van der Waals surface area contributed by atoms with Gasteiger partial charge >= 0.3 is 19.8 Å². The molecule has 18 heteroatoms. The average molecular weight is 973 g/mol. The summed E-state index contributed by atoms with van der Waals surface area (Å²) in [4.78, 5) is 36.4. The van der Waals surface area contributed by atoms with Gasteiger partial charge in [0.1, 0.15) is 43.2 Å². The maximum Gasteiger partial charge on any atom is 0.472 e. The van der Waals surface area contributed by atoms with E-state index >= 15 is 0 Å². The Balaban J connectivity index is 2.17. The highest BCUT2D eigenvalue weighted by Crippen LogP contribution is 2.47. The maximum atomic E-state index is 13.5. The van der Waals surface area contributed by atoms with Crippen LogP contribution in [0, 0.1) is 5.92 Å². The molecular weight excluding hydrogens is 891 g/mol. The van der Waals surface area contributed by atoms with E-state index < -0.39 is 113 Å². The predicted octanol–water partition coefficient (Wildman–Crippen LogP) is 5.61. The van der Waals surface area contributed by atoms with Crippen molar-refractivity contribution in [3.8, 4) is 0 Å². The number of carbonyl (C=O) groups excluding carboxylic acids is 2. The number of hydrogen-bond donors (Lipinski definition) is 9. The lowest BCUT2D eigenvalue weighted by Crippen LogP contribution is -2.58. The number of fused-ring (bicyclic) bond motifs is 4. The molecule has 0 spiro atoms. The molecule has 0 aromatic carbocycles. The molecule has 67 heavy (non-hydrogen) atoms. The first-order valence-electron chi connectivity index (χ1n) is 24.1. The lowest BCUT2D eigenvalue weighted by Gasteiger charge is -2.39. The zero-order valence-electron chi connectivity index (χ0n) is 39.4. The molecule has 384 valence electrons. The summed E-state index contributed by atoms with van der Waals surface area (Å²) in [6.45, 7) is 2.71. The highest BCUT2D eigenvalue weighted by Gasteiger charge is 2.48. The summed E-state index contributed by atoms with van der Waals surface area (Å²) >= 11 is 0. The van der Waals surface area contributed by atoms with E-state index in [9.17, 15) is 59.9 Å². The number of aliphatic hydroxyl groups excluding tert-OH is 8. The van der Waals surface area contributed by atoms with Gasteiger partial charge in [0.05, 0.1) is 24.9 Å². The molecule has 2 unspecified atom stereocenters. The van der Waals surface area contributed by atoms with Gasteiger partial charge in [-0.1, -0.05) is 119 Å². The van der Waals surface area contributed by atoms with Crippen LogP contribution in [0.2, 0.25) is 0 Å². The molecule has 17 nitrogen and oxygen atoms in total. The van der Waals surface area contributed by atoms with E-state index in [1.54, 1.807) is 12.2 Å². The van der Waals surface area contributed by atoms with Gasteiger partial charge in [-0.2, -0.15) is 0 Å². The van der Waals surface area contributed by atoms with Gasteiger partial charge in [0.25, 0.3) is 0 Å². The number of hydrogen-bond acceptors (Lipinski definition) is 16. The molecule has 9 N–H and O–H groups in total. The van der Waals surface area contributed by atoms with Crippen molar-refractivity contribution < 1.29 is 83.2 Å². The lowest BCUT2D eigenvalue weighted by atomic mass is 9.83. The number of carbonyl (C=O) groups is 2. The van der Waals surface area contributed by atoms with Crippen molar-refractivity contribution >= 4 is 19.8 Å². The maximum absolute atomic E-state index is 13.5. The van der Waals surface area contributed by atoms with Gasteiger partial charge in [-0.25, -0.2) is 4.57 Å². The Morgan fingerprint density at radius 3 is 2.07 bits per heavy atom. The Morgan fingerprint density at radius 1 is 0.806 bits per heavy atom. The van der Waals surface area contributed by atoms with E-state index in [0.29, 0.717) is 32.1 Å². The SMILES string of the molecule is CCCCC/C=C\C/C=C\C/C=C\C/C=C\CCCC(=O)OC[C@@H]1COP(=O)(O)O[C@H]2[C@H](O)[C@@H](O)[C@H](O)[C@@H](C/C=C\CCCC(=O)O1)[C@@H](O)CC(O)O[C@H](C=C[C@@H](O)CCCCC)[C@@H](O)[C@H]2O. The van der Waals surface area contributed by atoms with Crippen LogP contribution >= 0.6 is 7.82 Å². The van der Waals surface area contributed by atoms with E-state index in [4.69, 9.17) is 23.3 Å². The molecule has 2 heterocycles. The van der Waals surface area contributed by atoms with Gasteiger partial charge in [-0.3, -0.25) is 18.6 Å². The molecule has 2 aliphatic rings. The Bertz CT molecular complexity index is 1580. The molecule has 0 aromatic rings. The van der Waals surface area contributed by atoms with Gasteiger partial charge in [0, 0.05) is 25.2 Å². The predicted molar refractivity (Wildman–Crippen MR) is 252 cm³/mol. The number of cyclic esters (lactones) is 1. The summed E-state index contributed by atoms with van der Waals surface area (Å²) in [7, 11) is -5.48. The number of allylic oxidation sites excluding steroid dienone is 10. The Kier molecular flexibility index (Phi) is 31.7. The number of esters is 2. The number of aliphatic hydroxyl groups is 8. The van der Waals surface area contributed by atoms with Crippen molar-refractivity contribution in [1.82, 2.24) is 0 Å². The zero-order valence-corrected chi connectivity index (χ0v) is 40.3. The van der Waals surface area contributed by atoms with Crippen LogP contribution in [0.1, 0.15) is 136 Å². The summed E-state index contributed by atoms with van der Waals surface area (Å²) < 4.78 is 40.2. The van der Waals surface area contributed by atoms with E-state index in [-0.39, 0.29) is 25.7 Å². The second-order valence-electron chi connectivity index (χ2n) is 17.1. The molecule has 1 saturated heterocycles. The van der Waals surface area contributed by atoms with Crippen LogP contribution in [-0.2, 0) is 37.4 Å². The number of phosphoric acid groups is 1. The van der Waals surface area contributed by atoms with Crippen LogP contribution in [0.15, 0.2) is 72.9 Å². The minimum Gasteiger partial charge on any atom is -0.462 e. The smallest absolute Gasteiger partial charge is 0.462 e. The summed E-state index contributed by atoms with van der Waals surface area (Å²) in [5, 5.41) is 89.2. The fourth-order valence-corrected chi connectivity index (χ4v) is 8.30. The largest absolute Gasteiger partial charge is 0.472 e. The van der Waals surface area contributed by atoms with Crippen molar-refractivity contribution in [2.24, 2.45) is 5.92 Å². The van der Waals surface area contributed by atoms with Crippen molar-refractivity contribution in [3.05, 3.63) is 72.9 Å². The molecule has 0 saturated carbocycles. The van der Waals surface area contributed by atoms with E-state index in [0.717, 1.165) is 44.6 Å². The van der Waals surface area contributed by atoms with Crippen LogP contribution in [-0.4, -0.2) is 138 Å². The summed E-state index contributed by atoms with van der Waals surface area (Å²) in [5.41, 5.74) is 0. The molecule has 0 radical (unpaired) electrons. The average Bonchev–Trinajstić information content (AvgIpc) is 3.29. The third kappa shape index (κ3) is 26.1. The van der Waals surface area contributed by atoms with Crippen LogP contribution < -0.4 is 0 Å². The molecule has 2 rings (SSSR count). The molecule has 0 aromatic heterocycles. The van der Waals surface area contributed by atoms with Crippen molar-refractivity contribution in [2.45, 2.75) is 203 Å². The summed E-state index contributed by atoms with van der Waals surface area (Å²) in [6.07, 6.45) is 11.8. The molecule has 2 aliphatic heterocycles. The quantitative estimate of drug-likeness (QED) is 0.0276. The third-order valence-electron chi connectivity index (χ3n) is 11.3. The molecule has 13 atom stereocenters. The van der Waals surface area contributed by atoms with Gasteiger partial charge < -0.3 is 60.0 Å². The van der Waals surface area contributed by atoms with Gasteiger partial charge in [0.2, 0.25) is 0 Å². The Labute approximate surface area is 397 Å². The minimum absolute atomic E-state index is 0.0219. The molecular formula is C49H81O17P. The van der Waals surface area contributed by atoms with E-state index in [2.05, 4.69) is 43.4 Å². The van der Waals surface area contributed by atoms with Crippen LogP contribution in [0.25, 0.3) is 0 Å². The molecule has 0 aliphatic carbocycles. The van der Waals surface area contributed by atoms with Crippen LogP contribution in [0.3, 0.4) is 0 Å². The van der Waals surface area contributed by atoms with Crippen LogP contribution in [0.4, 0.5) is 0 Å². The number of ether oxygens (including phenoxy) is 3. The van der Waals surface area contributed by atoms with E-state index in [1.807, 2.05) is 19.1 Å². The standard InChI is InChI=1S/C49H81O17P/c1-3-5-7-8-9-10-11-12-13-14-15-16-17-18-19-20-25-29-41(52)62-34-37-35-63-67(60,61)66-49-47(58)45(56)40(32-31-36(50)27-23-6-4-2)65-43(54)33-39(51)38(44(55)46(57)48(49)59)28-24-21-22-26-30-42(53)64-37/h9-10,12-13,15-16,18-19,21,24,31-32,36-40,43-51,54-59H,3-8,11,14,17,20,22-23,25-30,33-35H2,1-2H3,(H,60,61)/b10-9-,13-12-,16-15-,19-18-,24-21-,32-31?/t36-,37+,38-,39-,40+,43?,44+,45+,46-,47+,48+,49+/m0/s1. The minimum atomic E-state index is -5.48. The van der Waals surface area contributed by atoms with Crippen LogP contribution in [0.5, 0.6) is 0 Å². The fraction of sp³-hybridized carbons (Fsp3) is 0.714.